The Kier molecular flexibility index (Phi) is 12.1. The molecule has 0 aromatic heterocycles. The van der Waals surface area contributed by atoms with Crippen molar-refractivity contribution >= 4 is 5.78 Å². The number of carbonyl (C=O) groups is 1. The van der Waals surface area contributed by atoms with Gasteiger partial charge in [-0.1, -0.05) is 55.4 Å². The van der Waals surface area contributed by atoms with Gasteiger partial charge in [0.1, 0.15) is 5.78 Å². The van der Waals surface area contributed by atoms with E-state index in [-0.39, 0.29) is 42.0 Å². The predicted octanol–water partition coefficient (Wildman–Crippen LogP) is 3.55. The van der Waals surface area contributed by atoms with Crippen molar-refractivity contribution in [3.05, 3.63) is 0 Å². The molecule has 0 spiro atoms. The minimum absolute atomic E-state index is 0.0157. The maximum absolute atomic E-state index is 12.2. The second-order valence-corrected chi connectivity index (χ2v) is 10.7. The quantitative estimate of drug-likeness (QED) is 0.295. The first kappa shape index (κ1) is 31.5. The van der Waals surface area contributed by atoms with Crippen molar-refractivity contribution in [3.63, 3.8) is 0 Å². The Labute approximate surface area is 207 Å². The molecule has 0 aromatic carbocycles. The fourth-order valence-corrected chi connectivity index (χ4v) is 6.32. The lowest BCUT2D eigenvalue weighted by Crippen LogP contribution is -2.60. The molecule has 0 bridgehead atoms. The molecule has 7 heteroatoms. The summed E-state index contributed by atoms with van der Waals surface area (Å²) in [6, 6.07) is 0. The largest absolute Gasteiger partial charge is 0.394 e. The van der Waals surface area contributed by atoms with E-state index < -0.39 is 42.2 Å². The predicted molar refractivity (Wildman–Crippen MR) is 133 cm³/mol. The molecule has 4 N–H and O–H groups in total. The highest BCUT2D eigenvalue weighted by Gasteiger charge is 2.53. The summed E-state index contributed by atoms with van der Waals surface area (Å²) >= 11 is 0. The minimum Gasteiger partial charge on any atom is -0.394 e. The summed E-state index contributed by atoms with van der Waals surface area (Å²) in [7, 11) is 0. The second-order valence-electron chi connectivity index (χ2n) is 10.7. The maximum Gasteiger partial charge on any atom is 0.161 e. The smallest absolute Gasteiger partial charge is 0.161 e. The summed E-state index contributed by atoms with van der Waals surface area (Å²) in [6.07, 6.45) is -0.0491. The monoisotopic (exact) mass is 488 g/mol. The zero-order valence-electron chi connectivity index (χ0n) is 23.0. The van der Waals surface area contributed by atoms with Gasteiger partial charge in [-0.15, -0.1) is 0 Å². The molecule has 0 amide bonds. The van der Waals surface area contributed by atoms with E-state index in [1.807, 2.05) is 48.5 Å². The summed E-state index contributed by atoms with van der Waals surface area (Å²) in [5, 5.41) is 42.3. The van der Waals surface area contributed by atoms with E-state index >= 15 is 0 Å². The molecule has 7 nitrogen and oxygen atoms in total. The highest BCUT2D eigenvalue weighted by Crippen LogP contribution is 2.47. The fraction of sp³-hybridized carbons (Fsp3) is 0.963. The molecule has 9 atom stereocenters. The standard InChI is InChI=1S/C27H52O7/c1-10-26(32,11-2)24-18(7)19(8)25(33-22(24)15-29)34-27(12-3,13-4)23(21(31)14-28)17(6)16(5)20(9)30/h16-19,21-25,28-29,31-32H,10-15H2,1-9H3. The Balaban J connectivity index is 3.41. The van der Waals surface area contributed by atoms with Gasteiger partial charge < -0.3 is 29.9 Å². The van der Waals surface area contributed by atoms with Gasteiger partial charge >= 0.3 is 0 Å². The van der Waals surface area contributed by atoms with Crippen molar-refractivity contribution in [2.24, 2.45) is 35.5 Å². The van der Waals surface area contributed by atoms with Gasteiger partial charge in [0.15, 0.2) is 6.29 Å². The van der Waals surface area contributed by atoms with Gasteiger partial charge in [-0.25, -0.2) is 0 Å². The third kappa shape index (κ3) is 6.22. The van der Waals surface area contributed by atoms with Crippen molar-refractivity contribution in [1.82, 2.24) is 0 Å². The number of aliphatic hydroxyl groups excluding tert-OH is 3. The highest BCUT2D eigenvalue weighted by molar-refractivity contribution is 5.78. The molecular formula is C27H52O7. The van der Waals surface area contributed by atoms with Gasteiger partial charge in [0.2, 0.25) is 0 Å². The van der Waals surface area contributed by atoms with Crippen LogP contribution in [0, 0.1) is 35.5 Å². The fourth-order valence-electron chi connectivity index (χ4n) is 6.32. The number of rotatable bonds is 14. The van der Waals surface area contributed by atoms with E-state index in [0.29, 0.717) is 25.7 Å². The summed E-state index contributed by atoms with van der Waals surface area (Å²) in [6.45, 7) is 16.7. The molecule has 9 unspecified atom stereocenters. The van der Waals surface area contributed by atoms with Crippen molar-refractivity contribution < 1.29 is 34.7 Å². The van der Waals surface area contributed by atoms with Crippen LogP contribution in [0.15, 0.2) is 0 Å². The average molecular weight is 489 g/mol. The molecule has 1 aliphatic rings. The molecule has 1 rings (SSSR count). The lowest BCUT2D eigenvalue weighted by molar-refractivity contribution is -0.324. The van der Waals surface area contributed by atoms with Gasteiger partial charge in [0.25, 0.3) is 0 Å². The van der Waals surface area contributed by atoms with Crippen molar-refractivity contribution in [1.29, 1.82) is 0 Å². The number of aliphatic hydroxyl groups is 4. The van der Waals surface area contributed by atoms with E-state index in [0.717, 1.165) is 0 Å². The summed E-state index contributed by atoms with van der Waals surface area (Å²) in [5.41, 5.74) is -1.79. The molecule has 34 heavy (non-hydrogen) atoms. The number of Topliss-reactive ketones (excluding diaryl/α,β-unsaturated/α-hetero) is 1. The second kappa shape index (κ2) is 13.1. The molecule has 1 heterocycles. The maximum atomic E-state index is 12.2. The van der Waals surface area contributed by atoms with Gasteiger partial charge in [0.05, 0.1) is 36.6 Å². The third-order valence-electron chi connectivity index (χ3n) is 9.31. The van der Waals surface area contributed by atoms with Crippen LogP contribution in [0.4, 0.5) is 0 Å². The average Bonchev–Trinajstić information content (AvgIpc) is 2.84. The van der Waals surface area contributed by atoms with Crippen LogP contribution in [-0.2, 0) is 14.3 Å². The molecular weight excluding hydrogens is 436 g/mol. The zero-order valence-corrected chi connectivity index (χ0v) is 23.0. The summed E-state index contributed by atoms with van der Waals surface area (Å²) < 4.78 is 13.1. The van der Waals surface area contributed by atoms with E-state index in [1.165, 1.54) is 0 Å². The summed E-state index contributed by atoms with van der Waals surface area (Å²) in [4.78, 5) is 12.2. The SMILES string of the molecule is CCC(O)(CC)C1C(CO)OC(OC(CC)(CC)C(C(O)CO)C(C)C(C)C(C)=O)C(C)C1C. The Morgan fingerprint density at radius 1 is 1.00 bits per heavy atom. The first-order valence-corrected chi connectivity index (χ1v) is 13.3. The Hall–Kier alpha value is -0.570. The first-order valence-electron chi connectivity index (χ1n) is 13.3. The van der Waals surface area contributed by atoms with Gasteiger partial charge in [0, 0.05) is 23.7 Å². The van der Waals surface area contributed by atoms with Crippen LogP contribution < -0.4 is 0 Å². The first-order chi connectivity index (χ1) is 15.8. The van der Waals surface area contributed by atoms with E-state index in [1.54, 1.807) is 6.92 Å². The molecule has 0 aliphatic carbocycles. The lowest BCUT2D eigenvalue weighted by atomic mass is 9.66. The van der Waals surface area contributed by atoms with E-state index in [2.05, 4.69) is 6.92 Å². The Morgan fingerprint density at radius 3 is 1.91 bits per heavy atom. The van der Waals surface area contributed by atoms with Crippen LogP contribution in [0.3, 0.4) is 0 Å². The van der Waals surface area contributed by atoms with Gasteiger partial charge in [-0.3, -0.25) is 4.79 Å². The number of ketones is 1. The number of ether oxygens (including phenoxy) is 2. The zero-order chi connectivity index (χ0) is 26.4. The van der Waals surface area contributed by atoms with Crippen molar-refractivity contribution in [2.75, 3.05) is 13.2 Å². The number of hydrogen-bond donors (Lipinski definition) is 4. The van der Waals surface area contributed by atoms with E-state index in [4.69, 9.17) is 9.47 Å². The summed E-state index contributed by atoms with van der Waals surface area (Å²) in [5.74, 6) is -1.32. The molecule has 0 saturated carbocycles. The molecule has 1 saturated heterocycles. The molecule has 0 aromatic rings. The molecule has 1 aliphatic heterocycles. The van der Waals surface area contributed by atoms with Crippen LogP contribution in [-0.4, -0.2) is 69.1 Å². The van der Waals surface area contributed by atoms with Crippen molar-refractivity contribution in [2.45, 2.75) is 118 Å². The highest BCUT2D eigenvalue weighted by atomic mass is 16.7. The topological polar surface area (TPSA) is 116 Å². The van der Waals surface area contributed by atoms with Gasteiger partial charge in [-0.05, 0) is 44.4 Å². The van der Waals surface area contributed by atoms with Crippen LogP contribution in [0.2, 0.25) is 0 Å². The van der Waals surface area contributed by atoms with Crippen molar-refractivity contribution in [3.8, 4) is 0 Å². The van der Waals surface area contributed by atoms with E-state index in [9.17, 15) is 25.2 Å². The van der Waals surface area contributed by atoms with Crippen LogP contribution in [0.5, 0.6) is 0 Å². The normalized spacial score (nSPS) is 30.0. The van der Waals surface area contributed by atoms with Crippen LogP contribution >= 0.6 is 0 Å². The Morgan fingerprint density at radius 2 is 1.53 bits per heavy atom. The molecule has 0 radical (unpaired) electrons. The molecule has 202 valence electrons. The third-order valence-corrected chi connectivity index (χ3v) is 9.31. The molecule has 1 fully saturated rings. The Bertz CT molecular complexity index is 614. The van der Waals surface area contributed by atoms with Gasteiger partial charge in [-0.2, -0.15) is 0 Å². The van der Waals surface area contributed by atoms with Crippen LogP contribution in [0.1, 0.15) is 88.0 Å². The lowest BCUT2D eigenvalue weighted by Gasteiger charge is -2.54. The minimum atomic E-state index is -1.06. The number of carbonyl (C=O) groups excluding carboxylic acids is 1. The number of hydrogen-bond acceptors (Lipinski definition) is 7. The van der Waals surface area contributed by atoms with Crippen LogP contribution in [0.25, 0.3) is 0 Å².